The second-order valence-corrected chi connectivity index (χ2v) is 6.91. The van der Waals surface area contributed by atoms with Crippen LogP contribution in [0.4, 0.5) is 0 Å². The van der Waals surface area contributed by atoms with E-state index in [-0.39, 0.29) is 0 Å². The summed E-state index contributed by atoms with van der Waals surface area (Å²) in [5, 5.41) is 0. The summed E-state index contributed by atoms with van der Waals surface area (Å²) in [5.41, 5.74) is 6.68. The van der Waals surface area contributed by atoms with Crippen molar-refractivity contribution in [1.29, 1.82) is 0 Å². The lowest BCUT2D eigenvalue weighted by Crippen LogP contribution is -2.56. The van der Waals surface area contributed by atoms with E-state index in [2.05, 4.69) is 32.6 Å². The van der Waals surface area contributed by atoms with Gasteiger partial charge in [-0.05, 0) is 37.0 Å². The lowest BCUT2D eigenvalue weighted by molar-refractivity contribution is 0.0503. The Bertz CT molecular complexity index is 244. The number of likely N-dealkylation sites (tertiary alicyclic amines) is 1. The highest BCUT2D eigenvalue weighted by Gasteiger charge is 2.45. The van der Waals surface area contributed by atoms with Crippen LogP contribution < -0.4 is 5.73 Å². The molecule has 1 aliphatic heterocycles. The zero-order valence-corrected chi connectivity index (χ0v) is 11.4. The van der Waals surface area contributed by atoms with Crippen molar-refractivity contribution in [2.75, 3.05) is 6.54 Å². The number of fused-ring (bicyclic) bond motifs is 2. The summed E-state index contributed by atoms with van der Waals surface area (Å²) in [6.45, 7) is 10.6. The van der Waals surface area contributed by atoms with Gasteiger partial charge in [0, 0.05) is 24.7 Å². The van der Waals surface area contributed by atoms with Crippen LogP contribution in [0.1, 0.15) is 53.4 Å². The predicted octanol–water partition coefficient (Wildman–Crippen LogP) is 2.62. The number of hydrogen-bond acceptors (Lipinski definition) is 2. The van der Waals surface area contributed by atoms with Gasteiger partial charge in [0.15, 0.2) is 0 Å². The van der Waals surface area contributed by atoms with E-state index >= 15 is 0 Å². The van der Waals surface area contributed by atoms with E-state index in [0.717, 1.165) is 18.4 Å². The maximum atomic E-state index is 6.37. The molecular weight excluding hydrogens is 196 g/mol. The topological polar surface area (TPSA) is 29.3 Å². The second-order valence-electron chi connectivity index (χ2n) is 6.91. The van der Waals surface area contributed by atoms with Gasteiger partial charge >= 0.3 is 0 Å². The van der Waals surface area contributed by atoms with Crippen LogP contribution in [0.5, 0.6) is 0 Å². The first-order valence-electron chi connectivity index (χ1n) is 6.94. The number of rotatable bonds is 3. The standard InChI is InChI=1S/C14H28N2/c1-5-12(15)13(14(2,3)4)16-9-10-6-7-11(16)8-10/h10-13H,5-9,15H2,1-4H3. The summed E-state index contributed by atoms with van der Waals surface area (Å²) >= 11 is 0. The van der Waals surface area contributed by atoms with Crippen molar-refractivity contribution in [3.05, 3.63) is 0 Å². The molecule has 2 nitrogen and oxygen atoms in total. The molecule has 2 N–H and O–H groups in total. The van der Waals surface area contributed by atoms with Crippen LogP contribution in [0.15, 0.2) is 0 Å². The zero-order chi connectivity index (χ0) is 11.9. The smallest absolute Gasteiger partial charge is 0.0298 e. The quantitative estimate of drug-likeness (QED) is 0.798. The fraction of sp³-hybridized carbons (Fsp3) is 1.00. The summed E-state index contributed by atoms with van der Waals surface area (Å²) in [4.78, 5) is 2.74. The molecule has 2 bridgehead atoms. The highest BCUT2D eigenvalue weighted by Crippen LogP contribution is 2.42. The van der Waals surface area contributed by atoms with Crippen LogP contribution in [0.25, 0.3) is 0 Å². The Balaban J connectivity index is 2.13. The normalized spacial score (nSPS) is 34.3. The van der Waals surface area contributed by atoms with Crippen molar-refractivity contribution in [3.63, 3.8) is 0 Å². The molecular formula is C14H28N2. The van der Waals surface area contributed by atoms with Gasteiger partial charge in [0.2, 0.25) is 0 Å². The van der Waals surface area contributed by atoms with Crippen molar-refractivity contribution < 1.29 is 0 Å². The summed E-state index contributed by atoms with van der Waals surface area (Å²) < 4.78 is 0. The zero-order valence-electron chi connectivity index (χ0n) is 11.4. The fourth-order valence-electron chi connectivity index (χ4n) is 3.91. The van der Waals surface area contributed by atoms with Crippen molar-refractivity contribution >= 4 is 0 Å². The predicted molar refractivity (Wildman–Crippen MR) is 69.3 cm³/mol. The number of hydrogen-bond donors (Lipinski definition) is 1. The van der Waals surface area contributed by atoms with E-state index in [9.17, 15) is 0 Å². The molecule has 1 saturated carbocycles. The minimum Gasteiger partial charge on any atom is -0.326 e. The molecule has 4 unspecified atom stereocenters. The average Bonchev–Trinajstić information content (AvgIpc) is 2.77. The van der Waals surface area contributed by atoms with Crippen molar-refractivity contribution in [1.82, 2.24) is 4.90 Å². The van der Waals surface area contributed by atoms with Gasteiger partial charge in [0.1, 0.15) is 0 Å². The average molecular weight is 224 g/mol. The lowest BCUT2D eigenvalue weighted by Gasteiger charge is -2.45. The molecule has 2 aliphatic rings. The molecule has 1 saturated heterocycles. The molecule has 4 atom stereocenters. The Labute approximate surface area is 101 Å². The molecule has 0 spiro atoms. The fourth-order valence-corrected chi connectivity index (χ4v) is 3.91. The third kappa shape index (κ3) is 2.14. The second kappa shape index (κ2) is 4.30. The Kier molecular flexibility index (Phi) is 3.33. The summed E-state index contributed by atoms with van der Waals surface area (Å²) in [7, 11) is 0. The molecule has 16 heavy (non-hydrogen) atoms. The molecule has 0 amide bonds. The van der Waals surface area contributed by atoms with Crippen LogP contribution in [0, 0.1) is 11.3 Å². The van der Waals surface area contributed by atoms with Crippen LogP contribution >= 0.6 is 0 Å². The van der Waals surface area contributed by atoms with Crippen LogP contribution in [-0.2, 0) is 0 Å². The first-order chi connectivity index (χ1) is 7.43. The van der Waals surface area contributed by atoms with E-state index in [1.165, 1.54) is 25.8 Å². The van der Waals surface area contributed by atoms with E-state index in [1.807, 2.05) is 0 Å². The van der Waals surface area contributed by atoms with E-state index in [4.69, 9.17) is 5.73 Å². The van der Waals surface area contributed by atoms with Gasteiger partial charge < -0.3 is 5.73 Å². The summed E-state index contributed by atoms with van der Waals surface area (Å²) in [5.74, 6) is 0.971. The minimum absolute atomic E-state index is 0.305. The molecule has 0 aromatic rings. The SMILES string of the molecule is CCC(N)C(N1CC2CCC1C2)C(C)(C)C. The van der Waals surface area contributed by atoms with Gasteiger partial charge in [-0.2, -0.15) is 0 Å². The van der Waals surface area contributed by atoms with E-state index in [1.54, 1.807) is 0 Å². The molecule has 2 fully saturated rings. The maximum absolute atomic E-state index is 6.37. The van der Waals surface area contributed by atoms with Crippen LogP contribution in [0.3, 0.4) is 0 Å². The van der Waals surface area contributed by atoms with Crippen molar-refractivity contribution in [2.24, 2.45) is 17.1 Å². The molecule has 0 aromatic heterocycles. The number of nitrogens with zero attached hydrogens (tertiary/aromatic N) is 1. The largest absolute Gasteiger partial charge is 0.326 e. The van der Waals surface area contributed by atoms with Gasteiger partial charge in [0.05, 0.1) is 0 Å². The Morgan fingerprint density at radius 3 is 2.38 bits per heavy atom. The molecule has 1 aliphatic carbocycles. The first kappa shape index (κ1) is 12.4. The molecule has 2 rings (SSSR count). The van der Waals surface area contributed by atoms with Crippen LogP contribution in [-0.4, -0.2) is 29.6 Å². The number of piperidine rings is 1. The molecule has 0 radical (unpaired) electrons. The maximum Gasteiger partial charge on any atom is 0.0298 e. The Hall–Kier alpha value is -0.0800. The summed E-state index contributed by atoms with van der Waals surface area (Å²) in [6.07, 6.45) is 5.39. The van der Waals surface area contributed by atoms with Gasteiger partial charge in [-0.15, -0.1) is 0 Å². The van der Waals surface area contributed by atoms with Gasteiger partial charge in [0.25, 0.3) is 0 Å². The molecule has 2 heteroatoms. The van der Waals surface area contributed by atoms with Crippen molar-refractivity contribution in [3.8, 4) is 0 Å². The molecule has 0 aromatic carbocycles. The van der Waals surface area contributed by atoms with Crippen molar-refractivity contribution in [2.45, 2.75) is 71.5 Å². The van der Waals surface area contributed by atoms with E-state index < -0.39 is 0 Å². The van der Waals surface area contributed by atoms with Gasteiger partial charge in [-0.3, -0.25) is 4.90 Å². The highest BCUT2D eigenvalue weighted by atomic mass is 15.2. The summed E-state index contributed by atoms with van der Waals surface area (Å²) in [6, 6.07) is 1.74. The van der Waals surface area contributed by atoms with E-state index in [0.29, 0.717) is 17.5 Å². The first-order valence-corrected chi connectivity index (χ1v) is 6.94. The third-order valence-electron chi connectivity index (χ3n) is 4.57. The highest BCUT2D eigenvalue weighted by molar-refractivity contribution is 5.01. The minimum atomic E-state index is 0.305. The third-order valence-corrected chi connectivity index (χ3v) is 4.57. The lowest BCUT2D eigenvalue weighted by atomic mass is 9.79. The Morgan fingerprint density at radius 2 is 2.00 bits per heavy atom. The van der Waals surface area contributed by atoms with Crippen LogP contribution in [0.2, 0.25) is 0 Å². The molecule has 94 valence electrons. The van der Waals surface area contributed by atoms with Gasteiger partial charge in [-0.25, -0.2) is 0 Å². The monoisotopic (exact) mass is 224 g/mol. The number of nitrogens with two attached hydrogens (primary N) is 1. The Morgan fingerprint density at radius 1 is 1.31 bits per heavy atom. The molecule has 1 heterocycles. The van der Waals surface area contributed by atoms with Gasteiger partial charge in [-0.1, -0.05) is 27.7 Å².